The van der Waals surface area contributed by atoms with Gasteiger partial charge < -0.3 is 10.2 Å². The number of sulfonamides is 1. The van der Waals surface area contributed by atoms with Crippen LogP contribution in [0.1, 0.15) is 33.1 Å². The van der Waals surface area contributed by atoms with Crippen molar-refractivity contribution in [3.8, 4) is 0 Å². The fraction of sp³-hybridized carbons (Fsp3) is 1.00. The van der Waals surface area contributed by atoms with Crippen molar-refractivity contribution in [3.05, 3.63) is 0 Å². The lowest BCUT2D eigenvalue weighted by atomic mass is 10.2. The summed E-state index contributed by atoms with van der Waals surface area (Å²) in [5.41, 5.74) is 0. The summed E-state index contributed by atoms with van der Waals surface area (Å²) in [6, 6.07) is -0.140. The molecule has 0 aromatic rings. The Morgan fingerprint density at radius 3 is 2.27 bits per heavy atom. The van der Waals surface area contributed by atoms with Crippen LogP contribution in [0.2, 0.25) is 0 Å². The lowest BCUT2D eigenvalue weighted by molar-refractivity contribution is 0.0856. The van der Waals surface area contributed by atoms with Crippen LogP contribution in [-0.2, 0) is 10.0 Å². The first-order valence-corrected chi connectivity index (χ1v) is 6.62. The third-order valence-electron chi connectivity index (χ3n) is 2.59. The van der Waals surface area contributed by atoms with Crippen LogP contribution in [0.4, 0.5) is 0 Å². The zero-order valence-corrected chi connectivity index (χ0v) is 9.92. The van der Waals surface area contributed by atoms with Gasteiger partial charge in [0.2, 0.25) is 10.0 Å². The number of hydrogen-bond acceptors (Lipinski definition) is 4. The summed E-state index contributed by atoms with van der Waals surface area (Å²) in [6.45, 7) is 3.13. The topological polar surface area (TPSA) is 86.6 Å². The van der Waals surface area contributed by atoms with Gasteiger partial charge in [-0.1, -0.05) is 0 Å². The van der Waals surface area contributed by atoms with Gasteiger partial charge in [-0.3, -0.25) is 0 Å². The molecule has 0 radical (unpaired) electrons. The minimum absolute atomic E-state index is 0.117. The van der Waals surface area contributed by atoms with E-state index in [4.69, 9.17) is 5.11 Å². The Labute approximate surface area is 90.6 Å². The third kappa shape index (κ3) is 2.90. The molecule has 0 spiro atoms. The van der Waals surface area contributed by atoms with Gasteiger partial charge in [-0.2, -0.15) is 0 Å². The highest BCUT2D eigenvalue weighted by Gasteiger charge is 2.55. The highest BCUT2D eigenvalue weighted by Crippen LogP contribution is 2.46. The van der Waals surface area contributed by atoms with E-state index in [0.717, 1.165) is 0 Å². The number of hydrogen-bond donors (Lipinski definition) is 3. The molecule has 1 saturated carbocycles. The molecular weight excluding hydrogens is 218 g/mol. The van der Waals surface area contributed by atoms with Gasteiger partial charge in [-0.05, 0) is 33.1 Å². The molecule has 0 aliphatic heterocycles. The summed E-state index contributed by atoms with van der Waals surface area (Å²) in [6.07, 6.45) is 0.292. The average Bonchev–Trinajstić information content (AvgIpc) is 2.83. The molecule has 0 amide bonds. The minimum atomic E-state index is -3.37. The Hall–Kier alpha value is -0.170. The molecule has 5 nitrogen and oxygen atoms in total. The van der Waals surface area contributed by atoms with Gasteiger partial charge in [0.25, 0.3) is 0 Å². The molecule has 1 unspecified atom stereocenters. The van der Waals surface area contributed by atoms with Crippen LogP contribution in [0.5, 0.6) is 0 Å². The number of aliphatic hydroxyl groups is 2. The Kier molecular flexibility index (Phi) is 3.76. The van der Waals surface area contributed by atoms with Gasteiger partial charge in [0, 0.05) is 6.04 Å². The molecule has 1 aliphatic rings. The van der Waals surface area contributed by atoms with Crippen molar-refractivity contribution < 1.29 is 18.6 Å². The Morgan fingerprint density at radius 2 is 1.93 bits per heavy atom. The van der Waals surface area contributed by atoms with Crippen molar-refractivity contribution in [2.45, 2.75) is 50.0 Å². The maximum absolute atomic E-state index is 11.9. The van der Waals surface area contributed by atoms with Gasteiger partial charge in [0.1, 0.15) is 0 Å². The standard InChI is InChI=1S/C9H19NO4S/c1-7(2)10-15(13,14)9(3-4-9)5-8(12)6-11/h7-8,10-12H,3-6H2,1-2H3. The maximum Gasteiger partial charge on any atom is 0.217 e. The van der Waals surface area contributed by atoms with Crippen molar-refractivity contribution in [2.24, 2.45) is 0 Å². The summed E-state index contributed by atoms with van der Waals surface area (Å²) >= 11 is 0. The van der Waals surface area contributed by atoms with Gasteiger partial charge in [0.05, 0.1) is 17.5 Å². The molecule has 1 atom stereocenters. The van der Waals surface area contributed by atoms with Crippen LogP contribution < -0.4 is 4.72 Å². The van der Waals surface area contributed by atoms with E-state index in [1.165, 1.54) is 0 Å². The van der Waals surface area contributed by atoms with Crippen molar-refractivity contribution in [1.29, 1.82) is 0 Å². The van der Waals surface area contributed by atoms with Crippen LogP contribution in [0, 0.1) is 0 Å². The predicted octanol–water partition coefficient (Wildman–Crippen LogP) is -0.410. The monoisotopic (exact) mass is 237 g/mol. The van der Waals surface area contributed by atoms with E-state index in [0.29, 0.717) is 12.8 Å². The first-order chi connectivity index (χ1) is 6.83. The molecule has 0 aromatic heterocycles. The van der Waals surface area contributed by atoms with E-state index in [9.17, 15) is 13.5 Å². The lowest BCUT2D eigenvalue weighted by Crippen LogP contribution is -2.42. The van der Waals surface area contributed by atoms with Gasteiger partial charge >= 0.3 is 0 Å². The van der Waals surface area contributed by atoms with Crippen LogP contribution in [0.3, 0.4) is 0 Å². The van der Waals surface area contributed by atoms with E-state index in [1.807, 2.05) is 0 Å². The molecule has 6 heteroatoms. The molecule has 1 fully saturated rings. The molecule has 0 bridgehead atoms. The summed E-state index contributed by atoms with van der Waals surface area (Å²) in [5.74, 6) is 0. The van der Waals surface area contributed by atoms with E-state index < -0.39 is 20.9 Å². The SMILES string of the molecule is CC(C)NS(=O)(=O)C1(CC(O)CO)CC1. The molecule has 1 aliphatic carbocycles. The zero-order chi connectivity index (χ0) is 11.7. The average molecular weight is 237 g/mol. The zero-order valence-electron chi connectivity index (χ0n) is 9.10. The highest BCUT2D eigenvalue weighted by molar-refractivity contribution is 7.91. The molecule has 1 rings (SSSR count). The van der Waals surface area contributed by atoms with E-state index in [-0.39, 0.29) is 19.1 Å². The smallest absolute Gasteiger partial charge is 0.217 e. The quantitative estimate of drug-likeness (QED) is 0.586. The minimum Gasteiger partial charge on any atom is -0.394 e. The molecule has 3 N–H and O–H groups in total. The number of nitrogens with one attached hydrogen (secondary N) is 1. The normalized spacial score (nSPS) is 21.7. The van der Waals surface area contributed by atoms with E-state index in [1.54, 1.807) is 13.8 Å². The maximum atomic E-state index is 11.9. The number of aliphatic hydroxyl groups excluding tert-OH is 2. The fourth-order valence-electron chi connectivity index (χ4n) is 1.65. The largest absolute Gasteiger partial charge is 0.394 e. The molecular formula is C9H19NO4S. The Morgan fingerprint density at radius 1 is 1.40 bits per heavy atom. The van der Waals surface area contributed by atoms with Crippen molar-refractivity contribution in [3.63, 3.8) is 0 Å². The van der Waals surface area contributed by atoms with E-state index in [2.05, 4.69) is 4.72 Å². The molecule has 15 heavy (non-hydrogen) atoms. The van der Waals surface area contributed by atoms with Crippen LogP contribution in [-0.4, -0.2) is 42.1 Å². The van der Waals surface area contributed by atoms with Crippen LogP contribution in [0.15, 0.2) is 0 Å². The summed E-state index contributed by atoms with van der Waals surface area (Å²) < 4.78 is 25.4. The lowest BCUT2D eigenvalue weighted by Gasteiger charge is -2.20. The van der Waals surface area contributed by atoms with Gasteiger partial charge in [-0.25, -0.2) is 13.1 Å². The van der Waals surface area contributed by atoms with Crippen molar-refractivity contribution >= 4 is 10.0 Å². The molecule has 0 heterocycles. The first kappa shape index (κ1) is 12.9. The Bertz CT molecular complexity index is 308. The fourth-order valence-corrected chi connectivity index (χ4v) is 3.57. The van der Waals surface area contributed by atoms with Gasteiger partial charge in [-0.15, -0.1) is 0 Å². The summed E-state index contributed by atoms with van der Waals surface area (Å²) in [7, 11) is -3.37. The molecule has 90 valence electrons. The Balaban J connectivity index is 2.69. The third-order valence-corrected chi connectivity index (χ3v) is 5.08. The van der Waals surface area contributed by atoms with E-state index >= 15 is 0 Å². The highest BCUT2D eigenvalue weighted by atomic mass is 32.2. The van der Waals surface area contributed by atoms with Crippen molar-refractivity contribution in [1.82, 2.24) is 4.72 Å². The second-order valence-corrected chi connectivity index (χ2v) is 6.61. The number of rotatable bonds is 6. The molecule has 0 saturated heterocycles. The second kappa shape index (κ2) is 4.37. The summed E-state index contributed by atoms with van der Waals surface area (Å²) in [4.78, 5) is 0. The molecule has 0 aromatic carbocycles. The van der Waals surface area contributed by atoms with Crippen molar-refractivity contribution in [2.75, 3.05) is 6.61 Å². The second-order valence-electron chi connectivity index (χ2n) is 4.50. The van der Waals surface area contributed by atoms with Crippen LogP contribution >= 0.6 is 0 Å². The predicted molar refractivity (Wildman–Crippen MR) is 56.9 cm³/mol. The van der Waals surface area contributed by atoms with Gasteiger partial charge in [0.15, 0.2) is 0 Å². The van der Waals surface area contributed by atoms with Crippen LogP contribution in [0.25, 0.3) is 0 Å². The summed E-state index contributed by atoms with van der Waals surface area (Å²) in [5, 5.41) is 18.0. The first-order valence-electron chi connectivity index (χ1n) is 5.14.